The van der Waals surface area contributed by atoms with E-state index in [1.54, 1.807) is 18.2 Å². The number of carbonyl (C=O) groups is 1. The second-order valence-corrected chi connectivity index (χ2v) is 2.06. The third kappa shape index (κ3) is 19.4. The van der Waals surface area contributed by atoms with Gasteiger partial charge in [-0.05, 0) is 18.2 Å². The topological polar surface area (TPSA) is 256 Å². The Morgan fingerprint density at radius 2 is 1.40 bits per heavy atom. The summed E-state index contributed by atoms with van der Waals surface area (Å²) in [5.41, 5.74) is 5.80. The molecule has 1 aromatic rings. The number of primary amides is 1. The Kier molecular flexibility index (Phi) is 94.7. The summed E-state index contributed by atoms with van der Waals surface area (Å²) in [4.78, 5) is 10.6. The van der Waals surface area contributed by atoms with Gasteiger partial charge in [0.15, 0.2) is 0 Å². The fourth-order valence-corrected chi connectivity index (χ4v) is 0.742. The van der Waals surface area contributed by atoms with E-state index >= 15 is 0 Å². The number of carbonyl (C=O) groups excluding carboxylic acids is 1. The average molecular weight is 384 g/mol. The fourth-order valence-electron chi connectivity index (χ4n) is 0.742. The molecule has 125 valence electrons. The van der Waals surface area contributed by atoms with Gasteiger partial charge < -0.3 is 63.4 Å². The van der Waals surface area contributed by atoms with Crippen LogP contribution in [0, 0.1) is 11.3 Å². The normalized spacial score (nSPS) is 4.75. The van der Waals surface area contributed by atoms with Crippen molar-refractivity contribution in [2.45, 2.75) is 0 Å². The zero-order valence-corrected chi connectivity index (χ0v) is 12.4. The average Bonchev–Trinajstić information content (AvgIpc) is 2.05. The molecular weight excluding hydrogens is 366 g/mol. The molecule has 0 atom stereocenters. The summed E-state index contributed by atoms with van der Waals surface area (Å²) < 4.78 is 0. The summed E-state index contributed by atoms with van der Waals surface area (Å²) in [6.45, 7) is 0. The van der Waals surface area contributed by atoms with E-state index < -0.39 is 5.91 Å². The van der Waals surface area contributed by atoms with Gasteiger partial charge in [0.2, 0.25) is 5.91 Å². The van der Waals surface area contributed by atoms with Crippen LogP contribution >= 0.6 is 0 Å². The summed E-state index contributed by atoms with van der Waals surface area (Å²) in [6, 6.07) is 8.19. The van der Waals surface area contributed by atoms with Gasteiger partial charge in [0, 0.05) is 5.56 Å². The largest absolute Gasteiger partial charge is 2.00 e. The Morgan fingerprint density at radius 3 is 1.70 bits per heavy atom. The monoisotopic (exact) mass is 383 g/mol. The van der Waals surface area contributed by atoms with Crippen LogP contribution in [-0.4, -0.2) is 38.8 Å². The van der Waals surface area contributed by atoms with Gasteiger partial charge in [-0.3, -0.25) is 4.79 Å². The smallest absolute Gasteiger partial charge is 1.00 e. The molecule has 1 amide bonds. The second kappa shape index (κ2) is 30.8. The summed E-state index contributed by atoms with van der Waals surface area (Å²) >= 11 is 0. The van der Waals surface area contributed by atoms with Gasteiger partial charge in [0.1, 0.15) is 0 Å². The molecule has 1 radical (unpaired) electrons. The van der Waals surface area contributed by atoms with Crippen LogP contribution < -0.4 is 30.5 Å². The predicted molar refractivity (Wildman–Crippen MR) is 61.4 cm³/mol. The van der Waals surface area contributed by atoms with Crippen molar-refractivity contribution < 1.29 is 79.2 Å². The molecule has 0 aliphatic rings. The van der Waals surface area contributed by atoms with E-state index in [1.807, 2.05) is 6.07 Å². The number of benzene rings is 1. The van der Waals surface area contributed by atoms with Crippen LogP contribution in [0.25, 0.3) is 0 Å². The Hall–Kier alpha value is -0.974. The summed E-state index contributed by atoms with van der Waals surface area (Å²) in [5, 5.41) is 8.44. The van der Waals surface area contributed by atoms with Gasteiger partial charge >= 0.3 is 16.8 Å². The number of nitriles is 1. The first kappa shape index (κ1) is 61.5. The predicted octanol–water partition coefficient (Wildman–Crippen LogP) is -10.3. The van der Waals surface area contributed by atoms with E-state index in [0.29, 0.717) is 11.1 Å². The number of hydrogen-bond acceptors (Lipinski definition) is 2. The van der Waals surface area contributed by atoms with Crippen LogP contribution in [0.3, 0.4) is 0 Å². The maximum absolute atomic E-state index is 10.6. The molecule has 14 N–H and O–H groups in total. The van der Waals surface area contributed by atoms with Gasteiger partial charge in [-0.15, -0.1) is 0 Å². The minimum atomic E-state index is -0.512. The molecule has 0 bridgehead atoms. The molecule has 1 rings (SSSR count). The van der Waals surface area contributed by atoms with Gasteiger partial charge in [-0.25, -0.2) is 0 Å². The molecule has 0 unspecified atom stereocenters. The SMILES string of the molecule is N#Cc1cccc(C(N)=O)c1.O.O.O.O.O.O.[Cl-].[Cl-].[Co+2]. The summed E-state index contributed by atoms with van der Waals surface area (Å²) in [6.07, 6.45) is 0. The number of rotatable bonds is 1. The third-order valence-electron chi connectivity index (χ3n) is 1.28. The molecule has 0 aliphatic heterocycles. The van der Waals surface area contributed by atoms with E-state index in [4.69, 9.17) is 11.0 Å². The Balaban J connectivity index is -0.0000000192. The van der Waals surface area contributed by atoms with Crippen molar-refractivity contribution in [3.05, 3.63) is 35.4 Å². The molecule has 1 aromatic carbocycles. The molecule has 0 aliphatic carbocycles. The van der Waals surface area contributed by atoms with E-state index in [0.717, 1.165) is 0 Å². The van der Waals surface area contributed by atoms with Gasteiger partial charge in [-0.2, -0.15) is 5.26 Å². The zero-order chi connectivity index (χ0) is 8.27. The fraction of sp³-hybridized carbons (Fsp3) is 0. The first-order valence-electron chi connectivity index (χ1n) is 3.04. The molecule has 0 saturated heterocycles. The van der Waals surface area contributed by atoms with Crippen molar-refractivity contribution in [1.29, 1.82) is 5.26 Å². The number of nitrogens with zero attached hydrogens (tertiary/aromatic N) is 1. The maximum atomic E-state index is 10.6. The molecule has 0 fully saturated rings. The van der Waals surface area contributed by atoms with Crippen LogP contribution in [0.2, 0.25) is 0 Å². The number of hydrogen-bond donors (Lipinski definition) is 1. The second-order valence-electron chi connectivity index (χ2n) is 2.06. The van der Waals surface area contributed by atoms with Crippen LogP contribution in [0.5, 0.6) is 0 Å². The van der Waals surface area contributed by atoms with Gasteiger partial charge in [0.25, 0.3) is 0 Å². The first-order valence-corrected chi connectivity index (χ1v) is 3.04. The molecule has 9 nitrogen and oxygen atoms in total. The van der Waals surface area contributed by atoms with E-state index in [-0.39, 0.29) is 74.5 Å². The van der Waals surface area contributed by atoms with Crippen LogP contribution in [0.4, 0.5) is 0 Å². The summed E-state index contributed by atoms with van der Waals surface area (Å²) in [7, 11) is 0. The molecular formula is C8H18Cl2CoN2O7. The Morgan fingerprint density at radius 1 is 1.00 bits per heavy atom. The maximum Gasteiger partial charge on any atom is 2.00 e. The standard InChI is InChI=1S/C8H6N2O.2ClH.Co.6H2O/c9-5-6-2-1-3-7(4-6)8(10)11;;;;;;;;;/h1-4H,(H2,10,11);2*1H;;6*1H2/q;;;+2;;;;;;/p-2. The van der Waals surface area contributed by atoms with Crippen LogP contribution in [-0.2, 0) is 16.8 Å². The molecule has 0 saturated carbocycles. The molecule has 20 heavy (non-hydrogen) atoms. The van der Waals surface area contributed by atoms with Gasteiger partial charge in [-0.1, -0.05) is 6.07 Å². The third-order valence-corrected chi connectivity index (χ3v) is 1.28. The van der Waals surface area contributed by atoms with Gasteiger partial charge in [0.05, 0.1) is 11.6 Å². The number of halogens is 2. The summed E-state index contributed by atoms with van der Waals surface area (Å²) in [5.74, 6) is -0.512. The van der Waals surface area contributed by atoms with Crippen molar-refractivity contribution in [2.75, 3.05) is 0 Å². The molecule has 0 heterocycles. The first-order chi connectivity index (χ1) is 5.24. The van der Waals surface area contributed by atoms with E-state index in [1.165, 1.54) is 6.07 Å². The minimum absolute atomic E-state index is 0. The van der Waals surface area contributed by atoms with Crippen molar-refractivity contribution in [3.63, 3.8) is 0 Å². The van der Waals surface area contributed by atoms with E-state index in [9.17, 15) is 4.79 Å². The van der Waals surface area contributed by atoms with Crippen molar-refractivity contribution in [1.82, 2.24) is 0 Å². The molecule has 0 spiro atoms. The number of nitrogens with two attached hydrogens (primary N) is 1. The quantitative estimate of drug-likeness (QED) is 0.494. The van der Waals surface area contributed by atoms with Crippen molar-refractivity contribution in [2.24, 2.45) is 5.73 Å². The van der Waals surface area contributed by atoms with E-state index in [2.05, 4.69) is 0 Å². The minimum Gasteiger partial charge on any atom is -1.00 e. The van der Waals surface area contributed by atoms with Crippen molar-refractivity contribution >= 4 is 5.91 Å². The zero-order valence-electron chi connectivity index (χ0n) is 9.83. The van der Waals surface area contributed by atoms with Crippen molar-refractivity contribution in [3.8, 4) is 6.07 Å². The Bertz CT molecular complexity index is 352. The van der Waals surface area contributed by atoms with Crippen LogP contribution in [0.1, 0.15) is 15.9 Å². The van der Waals surface area contributed by atoms with Crippen LogP contribution in [0.15, 0.2) is 24.3 Å². The Labute approximate surface area is 138 Å². The molecule has 12 heteroatoms. The number of amides is 1. The molecule has 0 aromatic heterocycles.